The van der Waals surface area contributed by atoms with Gasteiger partial charge in [0.1, 0.15) is 0 Å². The summed E-state index contributed by atoms with van der Waals surface area (Å²) in [5.41, 5.74) is 27.4. The second-order valence-electron chi connectivity index (χ2n) is 21.9. The van der Waals surface area contributed by atoms with Crippen LogP contribution in [0, 0.1) is 0 Å². The van der Waals surface area contributed by atoms with Crippen LogP contribution in [0.25, 0.3) is 55.6 Å². The minimum absolute atomic E-state index is 0.161. The van der Waals surface area contributed by atoms with E-state index in [1.807, 2.05) is 0 Å². The van der Waals surface area contributed by atoms with E-state index in [0.29, 0.717) is 0 Å². The molecule has 0 saturated carbocycles. The van der Waals surface area contributed by atoms with E-state index in [2.05, 4.69) is 316 Å². The molecular formula is C77H55N. The van der Waals surface area contributed by atoms with Gasteiger partial charge in [-0.25, -0.2) is 0 Å². The van der Waals surface area contributed by atoms with Gasteiger partial charge in [-0.05, 0) is 148 Å². The fourth-order valence-electron chi connectivity index (χ4n) is 14.2. The van der Waals surface area contributed by atoms with Crippen LogP contribution in [0.15, 0.2) is 297 Å². The van der Waals surface area contributed by atoms with Gasteiger partial charge in [-0.2, -0.15) is 0 Å². The highest BCUT2D eigenvalue weighted by molar-refractivity contribution is 5.94. The van der Waals surface area contributed by atoms with Crippen LogP contribution in [-0.4, -0.2) is 0 Å². The lowest BCUT2D eigenvalue weighted by atomic mass is 9.51. The number of rotatable bonds is 8. The second-order valence-corrected chi connectivity index (χ2v) is 21.9. The van der Waals surface area contributed by atoms with Crippen molar-refractivity contribution in [3.05, 3.63) is 353 Å². The average molecular weight is 994 g/mol. The Bertz CT molecular complexity index is 4180. The monoisotopic (exact) mass is 993 g/mol. The van der Waals surface area contributed by atoms with Crippen LogP contribution < -0.4 is 4.90 Å². The van der Waals surface area contributed by atoms with Crippen molar-refractivity contribution in [1.29, 1.82) is 0 Å². The molecule has 368 valence electrons. The third-order valence-corrected chi connectivity index (χ3v) is 17.6. The number of nitrogens with zero attached hydrogens (tertiary/aromatic N) is 1. The van der Waals surface area contributed by atoms with E-state index in [1.54, 1.807) is 0 Å². The first-order valence-electron chi connectivity index (χ1n) is 27.4. The van der Waals surface area contributed by atoms with E-state index in [-0.39, 0.29) is 5.41 Å². The van der Waals surface area contributed by atoms with Crippen molar-refractivity contribution in [2.24, 2.45) is 0 Å². The zero-order valence-electron chi connectivity index (χ0n) is 43.7. The molecule has 0 saturated heterocycles. The third kappa shape index (κ3) is 6.61. The molecule has 0 fully saturated rings. The Kier molecular flexibility index (Phi) is 10.4. The van der Waals surface area contributed by atoms with Crippen LogP contribution in [0.3, 0.4) is 0 Å². The van der Waals surface area contributed by atoms with Gasteiger partial charge < -0.3 is 4.90 Å². The van der Waals surface area contributed by atoms with E-state index < -0.39 is 10.8 Å². The number of anilines is 3. The Hall–Kier alpha value is -9.56. The molecule has 0 heterocycles. The van der Waals surface area contributed by atoms with Crippen LogP contribution in [0.4, 0.5) is 17.1 Å². The van der Waals surface area contributed by atoms with Crippen molar-refractivity contribution in [3.8, 4) is 55.6 Å². The number of hydrogen-bond acceptors (Lipinski definition) is 1. The Morgan fingerprint density at radius 2 is 0.628 bits per heavy atom. The minimum Gasteiger partial charge on any atom is -0.310 e. The normalized spacial score (nSPS) is 14.3. The van der Waals surface area contributed by atoms with Gasteiger partial charge in [0.05, 0.1) is 16.5 Å². The van der Waals surface area contributed by atoms with Crippen LogP contribution >= 0.6 is 0 Å². The fraction of sp³-hybridized carbons (Fsp3) is 0.0649. The zero-order chi connectivity index (χ0) is 52.0. The van der Waals surface area contributed by atoms with Gasteiger partial charge >= 0.3 is 0 Å². The lowest BCUT2D eigenvalue weighted by molar-refractivity contribution is 0.624. The largest absolute Gasteiger partial charge is 0.310 e. The molecule has 3 aliphatic rings. The highest BCUT2D eigenvalue weighted by atomic mass is 15.1. The SMILES string of the molecule is CC1(C)c2ccccc2-c2ccc(N(c3ccc(-c4ccc5c(c4)C4(c6ccccc6-5)c5ccccc5C(c5ccccc5)(c5ccccc5)c5ccccc54)cc3)c3ccc(-c4ccccc4)cc3-c3ccccc3)cc21. The summed E-state index contributed by atoms with van der Waals surface area (Å²) in [7, 11) is 0. The van der Waals surface area contributed by atoms with Gasteiger partial charge in [-0.15, -0.1) is 0 Å². The van der Waals surface area contributed by atoms with Crippen LogP contribution in [0.5, 0.6) is 0 Å². The summed E-state index contributed by atoms with van der Waals surface area (Å²) in [5, 5.41) is 0. The molecule has 1 nitrogen and oxygen atoms in total. The van der Waals surface area contributed by atoms with Gasteiger partial charge in [0, 0.05) is 22.4 Å². The standard InChI is InChI=1S/C77H55N/c1-75(2)66-33-17-15-31-61(66)63-47-45-60(51-72(63)75)78(74-48-42-55(52-23-7-3-8-24-52)49-65(74)54-25-9-4-10-26-54)59-43-39-53(40-44-59)56-41-46-64-62-32-16-18-34-67(62)77(73(64)50-56)70-37-21-19-35-68(70)76(57-27-11-5-12-28-57,58-29-13-6-14-30-58)69-36-20-22-38-71(69)77/h3-51H,1-2H3. The lowest BCUT2D eigenvalue weighted by Gasteiger charge is -2.50. The summed E-state index contributed by atoms with van der Waals surface area (Å²) < 4.78 is 0. The van der Waals surface area contributed by atoms with Crippen LogP contribution in [0.2, 0.25) is 0 Å². The van der Waals surface area contributed by atoms with Crippen LogP contribution in [-0.2, 0) is 16.2 Å². The summed E-state index contributed by atoms with van der Waals surface area (Å²) >= 11 is 0. The molecule has 15 rings (SSSR count). The van der Waals surface area contributed by atoms with Crippen molar-refractivity contribution in [2.45, 2.75) is 30.1 Å². The van der Waals surface area contributed by atoms with Gasteiger partial charge in [0.15, 0.2) is 0 Å². The van der Waals surface area contributed by atoms with Crippen molar-refractivity contribution in [2.75, 3.05) is 4.90 Å². The Morgan fingerprint density at radius 3 is 1.23 bits per heavy atom. The molecule has 3 aliphatic carbocycles. The predicted octanol–water partition coefficient (Wildman–Crippen LogP) is 19.5. The first-order valence-corrected chi connectivity index (χ1v) is 27.4. The molecule has 0 amide bonds. The van der Waals surface area contributed by atoms with Gasteiger partial charge in [0.25, 0.3) is 0 Å². The Balaban J connectivity index is 0.916. The minimum atomic E-state index is -0.584. The van der Waals surface area contributed by atoms with Crippen molar-refractivity contribution < 1.29 is 0 Å². The zero-order valence-corrected chi connectivity index (χ0v) is 43.7. The van der Waals surface area contributed by atoms with E-state index in [9.17, 15) is 0 Å². The number of hydrogen-bond donors (Lipinski definition) is 0. The average Bonchev–Trinajstić information content (AvgIpc) is 3.32. The maximum atomic E-state index is 2.52. The molecule has 12 aromatic rings. The molecule has 0 unspecified atom stereocenters. The summed E-state index contributed by atoms with van der Waals surface area (Å²) in [6.07, 6.45) is 0. The van der Waals surface area contributed by atoms with E-state index in [1.165, 1.54) is 111 Å². The number of benzene rings is 12. The van der Waals surface area contributed by atoms with Crippen molar-refractivity contribution in [3.63, 3.8) is 0 Å². The Labute approximate surface area is 458 Å². The van der Waals surface area contributed by atoms with Gasteiger partial charge in [-0.1, -0.05) is 269 Å². The van der Waals surface area contributed by atoms with Crippen LogP contribution in [0.1, 0.15) is 69.5 Å². The molecule has 0 aliphatic heterocycles. The topological polar surface area (TPSA) is 3.24 Å². The van der Waals surface area contributed by atoms with E-state index in [0.717, 1.165) is 17.1 Å². The molecule has 0 aromatic heterocycles. The Morgan fingerprint density at radius 1 is 0.231 bits per heavy atom. The summed E-state index contributed by atoms with van der Waals surface area (Å²) in [5.74, 6) is 0. The third-order valence-electron chi connectivity index (χ3n) is 17.6. The predicted molar refractivity (Wildman–Crippen MR) is 324 cm³/mol. The van der Waals surface area contributed by atoms with E-state index >= 15 is 0 Å². The molecular weight excluding hydrogens is 939 g/mol. The molecule has 1 spiro atoms. The number of fused-ring (bicyclic) bond motifs is 12. The molecule has 12 aromatic carbocycles. The van der Waals surface area contributed by atoms with Crippen molar-refractivity contribution in [1.82, 2.24) is 0 Å². The highest BCUT2D eigenvalue weighted by Crippen LogP contribution is 2.65. The molecule has 1 heteroatoms. The summed E-state index contributed by atoms with van der Waals surface area (Å²) in [6.45, 7) is 4.74. The first kappa shape index (κ1) is 45.8. The fourth-order valence-corrected chi connectivity index (χ4v) is 14.2. The molecule has 0 bridgehead atoms. The first-order chi connectivity index (χ1) is 38.5. The molecule has 0 radical (unpaired) electrons. The summed E-state index contributed by atoms with van der Waals surface area (Å²) in [4.78, 5) is 2.48. The molecule has 0 atom stereocenters. The van der Waals surface area contributed by atoms with Gasteiger partial charge in [-0.3, -0.25) is 0 Å². The van der Waals surface area contributed by atoms with Gasteiger partial charge in [0.2, 0.25) is 0 Å². The lowest BCUT2D eigenvalue weighted by Crippen LogP contribution is -2.44. The molecule has 0 N–H and O–H groups in total. The maximum absolute atomic E-state index is 2.52. The summed E-state index contributed by atoms with van der Waals surface area (Å²) in [6, 6.07) is 111. The maximum Gasteiger partial charge on any atom is 0.0720 e. The highest BCUT2D eigenvalue weighted by Gasteiger charge is 2.56. The quantitative estimate of drug-likeness (QED) is 0.147. The van der Waals surface area contributed by atoms with E-state index in [4.69, 9.17) is 0 Å². The van der Waals surface area contributed by atoms with Crippen molar-refractivity contribution >= 4 is 17.1 Å². The molecule has 78 heavy (non-hydrogen) atoms. The second kappa shape index (κ2) is 17.8. The smallest absolute Gasteiger partial charge is 0.0720 e.